The first-order chi connectivity index (χ1) is 17.9. The number of alkyl carbamates (subject to hydrolysis) is 1. The highest BCUT2D eigenvalue weighted by Gasteiger charge is 2.43. The summed E-state index contributed by atoms with van der Waals surface area (Å²) in [6.07, 6.45) is 1.68. The third-order valence-electron chi connectivity index (χ3n) is 6.11. The Morgan fingerprint density at radius 1 is 1.11 bits per heavy atom. The van der Waals surface area contributed by atoms with E-state index in [1.165, 1.54) is 4.90 Å². The maximum Gasteiger partial charge on any atom is 0.408 e. The van der Waals surface area contributed by atoms with Gasteiger partial charge in [-0.25, -0.2) is 14.8 Å². The maximum atomic E-state index is 13.4. The number of β-amino-alcohol motifs (C(OH)–C–C–N with tert-alkyl or cyclic N) is 1. The zero-order valence-corrected chi connectivity index (χ0v) is 22.4. The molecule has 4 N–H and O–H groups in total. The topological polar surface area (TPSA) is 154 Å². The lowest BCUT2D eigenvalue weighted by Crippen LogP contribution is -2.56. The minimum atomic E-state index is -0.967. The molecule has 1 fully saturated rings. The van der Waals surface area contributed by atoms with Crippen LogP contribution < -0.4 is 10.6 Å². The summed E-state index contributed by atoms with van der Waals surface area (Å²) in [5.74, 6) is -0.745. The van der Waals surface area contributed by atoms with Crippen molar-refractivity contribution in [3.8, 4) is 11.4 Å². The predicted octanol–water partition coefficient (Wildman–Crippen LogP) is 1.80. The van der Waals surface area contributed by atoms with Crippen LogP contribution in [0.4, 0.5) is 4.79 Å². The smallest absolute Gasteiger partial charge is 0.408 e. The molecule has 38 heavy (non-hydrogen) atoms. The highest BCUT2D eigenvalue weighted by Crippen LogP contribution is 2.24. The molecule has 1 aromatic heterocycles. The standard InChI is InChI=1S/C27H37N5O6/c1-16(2)22(31-26(37)38-27(3,4)5)25(36)32-14-19(34)13-21(32)24(35)30-20(15-33)17-7-9-18(10-8-17)23-28-11-6-12-29-23/h6-12,16,19-22,33-34H,13-15H2,1-5H3,(H,30,35)(H,31,37)/t19-,20+,21+,22+/m1/s1. The van der Waals surface area contributed by atoms with Crippen molar-refractivity contribution in [1.29, 1.82) is 0 Å². The fourth-order valence-corrected chi connectivity index (χ4v) is 4.25. The number of carbonyl (C=O) groups excluding carboxylic acids is 3. The van der Waals surface area contributed by atoms with Gasteiger partial charge in [0, 0.05) is 30.9 Å². The van der Waals surface area contributed by atoms with Crippen LogP contribution >= 0.6 is 0 Å². The quantitative estimate of drug-likeness (QED) is 0.405. The van der Waals surface area contributed by atoms with Crippen molar-refractivity contribution in [3.05, 3.63) is 48.3 Å². The molecular weight excluding hydrogens is 490 g/mol. The van der Waals surface area contributed by atoms with Crippen LogP contribution in [0.3, 0.4) is 0 Å². The third-order valence-corrected chi connectivity index (χ3v) is 6.11. The Labute approximate surface area is 222 Å². The van der Waals surface area contributed by atoms with E-state index in [1.807, 2.05) is 0 Å². The fraction of sp³-hybridized carbons (Fsp3) is 0.519. The highest BCUT2D eigenvalue weighted by atomic mass is 16.6. The average Bonchev–Trinajstić information content (AvgIpc) is 3.26. The number of nitrogens with one attached hydrogen (secondary N) is 2. The number of carbonyl (C=O) groups is 3. The first-order valence-electron chi connectivity index (χ1n) is 12.7. The lowest BCUT2D eigenvalue weighted by Gasteiger charge is -2.31. The molecule has 0 spiro atoms. The first-order valence-corrected chi connectivity index (χ1v) is 12.7. The lowest BCUT2D eigenvalue weighted by atomic mass is 10.0. The largest absolute Gasteiger partial charge is 0.444 e. The molecule has 1 aliphatic rings. The molecule has 1 saturated heterocycles. The van der Waals surface area contributed by atoms with E-state index >= 15 is 0 Å². The summed E-state index contributed by atoms with van der Waals surface area (Å²) in [5, 5.41) is 25.7. The first kappa shape index (κ1) is 29.0. The number of rotatable bonds is 8. The van der Waals surface area contributed by atoms with Gasteiger partial charge in [0.15, 0.2) is 5.82 Å². The molecule has 0 aliphatic carbocycles. The molecule has 3 amide bonds. The summed E-state index contributed by atoms with van der Waals surface area (Å²) < 4.78 is 5.29. The Bertz CT molecular complexity index is 1100. The lowest BCUT2D eigenvalue weighted by molar-refractivity contribution is -0.141. The number of nitrogens with zero attached hydrogens (tertiary/aromatic N) is 3. The Morgan fingerprint density at radius 3 is 2.29 bits per heavy atom. The van der Waals surface area contributed by atoms with Gasteiger partial charge in [0.25, 0.3) is 0 Å². The summed E-state index contributed by atoms with van der Waals surface area (Å²) in [5.41, 5.74) is 0.695. The highest BCUT2D eigenvalue weighted by molar-refractivity contribution is 5.92. The van der Waals surface area contributed by atoms with Crippen LogP contribution in [-0.4, -0.2) is 79.9 Å². The summed E-state index contributed by atoms with van der Waals surface area (Å²) in [7, 11) is 0. The monoisotopic (exact) mass is 527 g/mol. The number of hydrogen-bond acceptors (Lipinski definition) is 8. The van der Waals surface area contributed by atoms with Gasteiger partial charge in [0.05, 0.1) is 18.8 Å². The van der Waals surface area contributed by atoms with Gasteiger partial charge in [0.1, 0.15) is 17.7 Å². The van der Waals surface area contributed by atoms with Gasteiger partial charge in [0.2, 0.25) is 11.8 Å². The number of amides is 3. The normalized spacial score (nSPS) is 19.1. The number of likely N-dealkylation sites (tertiary alicyclic amines) is 1. The van der Waals surface area contributed by atoms with Crippen molar-refractivity contribution in [3.63, 3.8) is 0 Å². The van der Waals surface area contributed by atoms with Crippen LogP contribution in [0.5, 0.6) is 0 Å². The van der Waals surface area contributed by atoms with Crippen molar-refractivity contribution in [2.24, 2.45) is 5.92 Å². The molecule has 2 aromatic rings. The van der Waals surface area contributed by atoms with Gasteiger partial charge in [-0.15, -0.1) is 0 Å². The summed E-state index contributed by atoms with van der Waals surface area (Å²) in [6.45, 7) is 8.28. The molecule has 0 unspecified atom stereocenters. The SMILES string of the molecule is CC(C)[C@H](NC(=O)OC(C)(C)C)C(=O)N1C[C@H](O)C[C@H]1C(=O)N[C@@H](CO)c1ccc(-c2ncccn2)cc1. The van der Waals surface area contributed by atoms with E-state index in [4.69, 9.17) is 4.74 Å². The van der Waals surface area contributed by atoms with E-state index in [9.17, 15) is 24.6 Å². The van der Waals surface area contributed by atoms with Crippen LogP contribution in [0.15, 0.2) is 42.7 Å². The number of aliphatic hydroxyl groups excluding tert-OH is 2. The third kappa shape index (κ3) is 7.48. The number of hydrogen-bond donors (Lipinski definition) is 4. The van der Waals surface area contributed by atoms with E-state index in [2.05, 4.69) is 20.6 Å². The molecule has 0 bridgehead atoms. The molecule has 0 radical (unpaired) electrons. The van der Waals surface area contributed by atoms with Gasteiger partial charge in [-0.2, -0.15) is 0 Å². The predicted molar refractivity (Wildman–Crippen MR) is 140 cm³/mol. The van der Waals surface area contributed by atoms with E-state index in [-0.39, 0.29) is 25.5 Å². The number of aliphatic hydroxyl groups is 2. The average molecular weight is 528 g/mol. The second-order valence-electron chi connectivity index (χ2n) is 10.7. The summed E-state index contributed by atoms with van der Waals surface area (Å²) in [4.78, 5) is 48.8. The van der Waals surface area contributed by atoms with Gasteiger partial charge >= 0.3 is 6.09 Å². The molecule has 11 nitrogen and oxygen atoms in total. The number of benzene rings is 1. The summed E-state index contributed by atoms with van der Waals surface area (Å²) in [6, 6.07) is 6.19. The molecule has 0 saturated carbocycles. The molecule has 2 heterocycles. The van der Waals surface area contributed by atoms with Crippen molar-refractivity contribution < 1.29 is 29.3 Å². The van der Waals surface area contributed by atoms with Crippen LogP contribution in [0.1, 0.15) is 52.6 Å². The zero-order chi connectivity index (χ0) is 28.0. The molecule has 3 rings (SSSR count). The van der Waals surface area contributed by atoms with Crippen molar-refractivity contribution in [2.45, 2.75) is 70.9 Å². The van der Waals surface area contributed by atoms with E-state index in [0.717, 1.165) is 5.56 Å². The number of ether oxygens (including phenoxy) is 1. The molecular formula is C27H37N5O6. The van der Waals surface area contributed by atoms with Crippen molar-refractivity contribution in [2.75, 3.05) is 13.2 Å². The van der Waals surface area contributed by atoms with Crippen LogP contribution in [0.25, 0.3) is 11.4 Å². The van der Waals surface area contributed by atoms with Crippen molar-refractivity contribution in [1.82, 2.24) is 25.5 Å². The molecule has 1 aromatic carbocycles. The maximum absolute atomic E-state index is 13.4. The molecule has 1 aliphatic heterocycles. The number of aromatic nitrogens is 2. The Morgan fingerprint density at radius 2 is 1.74 bits per heavy atom. The minimum Gasteiger partial charge on any atom is -0.444 e. The fourth-order valence-electron chi connectivity index (χ4n) is 4.25. The van der Waals surface area contributed by atoms with Gasteiger partial charge in [-0.05, 0) is 38.3 Å². The van der Waals surface area contributed by atoms with E-state index in [1.54, 1.807) is 77.3 Å². The Hall–Kier alpha value is -3.57. The van der Waals surface area contributed by atoms with Gasteiger partial charge in [-0.1, -0.05) is 38.1 Å². The van der Waals surface area contributed by atoms with Gasteiger partial charge < -0.3 is 30.5 Å². The minimum absolute atomic E-state index is 0.0389. The molecule has 11 heteroatoms. The molecule has 206 valence electrons. The second-order valence-corrected chi connectivity index (χ2v) is 10.7. The van der Waals surface area contributed by atoms with Crippen LogP contribution in [-0.2, 0) is 14.3 Å². The van der Waals surface area contributed by atoms with Crippen LogP contribution in [0, 0.1) is 5.92 Å². The summed E-state index contributed by atoms with van der Waals surface area (Å²) >= 11 is 0. The second kappa shape index (κ2) is 12.3. The van der Waals surface area contributed by atoms with E-state index in [0.29, 0.717) is 11.4 Å². The zero-order valence-electron chi connectivity index (χ0n) is 22.4. The van der Waals surface area contributed by atoms with Gasteiger partial charge in [-0.3, -0.25) is 9.59 Å². The van der Waals surface area contributed by atoms with Crippen molar-refractivity contribution >= 4 is 17.9 Å². The molecule has 4 atom stereocenters. The van der Waals surface area contributed by atoms with Crippen LogP contribution in [0.2, 0.25) is 0 Å². The Kier molecular flexibility index (Phi) is 9.40. The Balaban J connectivity index is 1.72. The van der Waals surface area contributed by atoms with E-state index < -0.39 is 47.7 Å².